The molecule has 2 aromatic carbocycles. The van der Waals surface area contributed by atoms with Crippen LogP contribution in [0.5, 0.6) is 11.5 Å². The molecule has 0 radical (unpaired) electrons. The summed E-state index contributed by atoms with van der Waals surface area (Å²) in [5, 5.41) is 0. The van der Waals surface area contributed by atoms with Gasteiger partial charge in [0.15, 0.2) is 0 Å². The van der Waals surface area contributed by atoms with Gasteiger partial charge in [-0.2, -0.15) is 0 Å². The van der Waals surface area contributed by atoms with Crippen molar-refractivity contribution < 1.29 is 9.47 Å². The molecule has 0 bridgehead atoms. The SMILES string of the molecule is CC(C)PC(C)C.COc1ccccc1-c1ccccc1OC. The standard InChI is InChI=1S/C14H14O2.C6H15P/c1-15-13-9-5-3-7-11(13)12-8-4-6-10-14(12)16-2;1-5(2)7-6(3)4/h3-10H,1-2H3;5-7H,1-4H3. The van der Waals surface area contributed by atoms with Crippen LogP contribution in [0.3, 0.4) is 0 Å². The Bertz CT molecular complexity index is 528. The van der Waals surface area contributed by atoms with Gasteiger partial charge in [-0.1, -0.05) is 64.1 Å². The van der Waals surface area contributed by atoms with Crippen LogP contribution in [0.2, 0.25) is 0 Å². The van der Waals surface area contributed by atoms with Crippen molar-refractivity contribution in [2.75, 3.05) is 14.2 Å². The average Bonchev–Trinajstić information content (AvgIpc) is 2.54. The lowest BCUT2D eigenvalue weighted by Gasteiger charge is -2.11. The van der Waals surface area contributed by atoms with Gasteiger partial charge in [0.1, 0.15) is 11.5 Å². The molecule has 0 atom stereocenters. The molecule has 2 rings (SSSR count). The Morgan fingerprint density at radius 1 is 0.652 bits per heavy atom. The van der Waals surface area contributed by atoms with E-state index in [9.17, 15) is 0 Å². The largest absolute Gasteiger partial charge is 0.496 e. The van der Waals surface area contributed by atoms with Crippen molar-refractivity contribution in [1.29, 1.82) is 0 Å². The van der Waals surface area contributed by atoms with Crippen molar-refractivity contribution in [1.82, 2.24) is 0 Å². The van der Waals surface area contributed by atoms with Crippen molar-refractivity contribution in [2.24, 2.45) is 0 Å². The molecule has 0 saturated carbocycles. The molecule has 0 amide bonds. The van der Waals surface area contributed by atoms with Crippen molar-refractivity contribution in [3.63, 3.8) is 0 Å². The lowest BCUT2D eigenvalue weighted by molar-refractivity contribution is 0.410. The highest BCUT2D eigenvalue weighted by Crippen LogP contribution is 2.35. The van der Waals surface area contributed by atoms with Crippen LogP contribution in [0, 0.1) is 0 Å². The Labute approximate surface area is 143 Å². The first kappa shape index (κ1) is 19.5. The predicted octanol–water partition coefficient (Wildman–Crippen LogP) is 5.85. The maximum Gasteiger partial charge on any atom is 0.126 e. The Kier molecular flexibility index (Phi) is 8.73. The van der Waals surface area contributed by atoms with E-state index < -0.39 is 0 Å². The Morgan fingerprint density at radius 3 is 1.26 bits per heavy atom. The second-order valence-corrected chi connectivity index (χ2v) is 8.52. The summed E-state index contributed by atoms with van der Waals surface area (Å²) < 4.78 is 10.7. The van der Waals surface area contributed by atoms with Gasteiger partial charge in [0.2, 0.25) is 0 Å². The molecule has 23 heavy (non-hydrogen) atoms. The Hall–Kier alpha value is -1.53. The highest BCUT2D eigenvalue weighted by Gasteiger charge is 2.08. The summed E-state index contributed by atoms with van der Waals surface area (Å²) in [6.45, 7) is 9.10. The van der Waals surface area contributed by atoms with E-state index in [0.29, 0.717) is 0 Å². The normalized spacial score (nSPS) is 10.3. The summed E-state index contributed by atoms with van der Waals surface area (Å²) in [6, 6.07) is 15.8. The van der Waals surface area contributed by atoms with E-state index in [-0.39, 0.29) is 0 Å². The maximum atomic E-state index is 5.34. The number of hydrogen-bond acceptors (Lipinski definition) is 2. The molecule has 0 fully saturated rings. The fourth-order valence-corrected chi connectivity index (χ4v) is 3.73. The minimum atomic E-state index is 0.854. The molecule has 0 heterocycles. The highest BCUT2D eigenvalue weighted by atomic mass is 31.1. The first-order valence-corrected chi connectivity index (χ1v) is 9.17. The van der Waals surface area contributed by atoms with Crippen LogP contribution < -0.4 is 9.47 Å². The smallest absolute Gasteiger partial charge is 0.126 e. The molecule has 3 heteroatoms. The minimum absolute atomic E-state index is 0.854. The predicted molar refractivity (Wildman–Crippen MR) is 104 cm³/mol. The quantitative estimate of drug-likeness (QED) is 0.639. The van der Waals surface area contributed by atoms with Gasteiger partial charge >= 0.3 is 0 Å². The van der Waals surface area contributed by atoms with Gasteiger partial charge in [0.25, 0.3) is 0 Å². The highest BCUT2D eigenvalue weighted by molar-refractivity contribution is 7.39. The number of para-hydroxylation sites is 2. The second-order valence-electron chi connectivity index (χ2n) is 5.88. The van der Waals surface area contributed by atoms with Gasteiger partial charge in [-0.05, 0) is 23.5 Å². The van der Waals surface area contributed by atoms with E-state index in [0.717, 1.165) is 42.5 Å². The zero-order valence-corrected chi connectivity index (χ0v) is 16.1. The molecule has 0 saturated heterocycles. The first-order valence-electron chi connectivity index (χ1n) is 8.02. The minimum Gasteiger partial charge on any atom is -0.496 e. The summed E-state index contributed by atoms with van der Waals surface area (Å²) in [7, 11) is 4.49. The zero-order valence-electron chi connectivity index (χ0n) is 15.1. The fourth-order valence-electron chi connectivity index (χ4n) is 2.40. The molecular formula is C20H29O2P. The van der Waals surface area contributed by atoms with Gasteiger partial charge < -0.3 is 9.47 Å². The zero-order chi connectivity index (χ0) is 17.2. The summed E-state index contributed by atoms with van der Waals surface area (Å²) >= 11 is 0. The van der Waals surface area contributed by atoms with Crippen LogP contribution >= 0.6 is 8.58 Å². The molecule has 0 N–H and O–H groups in total. The topological polar surface area (TPSA) is 18.5 Å². The van der Waals surface area contributed by atoms with Gasteiger partial charge in [-0.15, -0.1) is 8.58 Å². The fraction of sp³-hybridized carbons (Fsp3) is 0.400. The van der Waals surface area contributed by atoms with Gasteiger partial charge in [0.05, 0.1) is 14.2 Å². The van der Waals surface area contributed by atoms with E-state index in [2.05, 4.69) is 27.7 Å². The van der Waals surface area contributed by atoms with Crippen molar-refractivity contribution in [3.05, 3.63) is 48.5 Å². The van der Waals surface area contributed by atoms with Gasteiger partial charge in [-0.3, -0.25) is 0 Å². The number of hydrogen-bond donors (Lipinski definition) is 0. The van der Waals surface area contributed by atoms with Crippen LogP contribution in [0.4, 0.5) is 0 Å². The van der Waals surface area contributed by atoms with Crippen LogP contribution in [0.1, 0.15) is 27.7 Å². The molecular weight excluding hydrogens is 303 g/mol. The molecule has 0 aliphatic carbocycles. The van der Waals surface area contributed by atoms with Gasteiger partial charge in [-0.25, -0.2) is 0 Å². The lowest BCUT2D eigenvalue weighted by Crippen LogP contribution is -1.90. The van der Waals surface area contributed by atoms with Gasteiger partial charge in [0, 0.05) is 11.1 Å². The molecule has 0 unspecified atom stereocenters. The summed E-state index contributed by atoms with van der Waals surface area (Å²) in [6.07, 6.45) is 0. The first-order chi connectivity index (χ1) is 11.0. The molecule has 2 aromatic rings. The molecule has 0 aliphatic heterocycles. The second kappa shape index (κ2) is 10.3. The Morgan fingerprint density at radius 2 is 1.00 bits per heavy atom. The third-order valence-corrected chi connectivity index (χ3v) is 4.50. The van der Waals surface area contributed by atoms with Crippen molar-refractivity contribution >= 4 is 8.58 Å². The number of methoxy groups -OCH3 is 2. The Balaban J connectivity index is 0.000000322. The number of benzene rings is 2. The van der Waals surface area contributed by atoms with E-state index in [1.165, 1.54) is 0 Å². The summed E-state index contributed by atoms with van der Waals surface area (Å²) in [5.74, 6) is 1.71. The third-order valence-electron chi connectivity index (χ3n) is 3.17. The number of rotatable bonds is 5. The van der Waals surface area contributed by atoms with Crippen molar-refractivity contribution in [3.8, 4) is 22.6 Å². The summed E-state index contributed by atoms with van der Waals surface area (Å²) in [5.41, 5.74) is 3.89. The number of ether oxygens (including phenoxy) is 2. The molecule has 2 nitrogen and oxygen atoms in total. The maximum absolute atomic E-state index is 5.34. The lowest BCUT2D eigenvalue weighted by atomic mass is 10.0. The monoisotopic (exact) mass is 332 g/mol. The van der Waals surface area contributed by atoms with Crippen LogP contribution in [0.25, 0.3) is 11.1 Å². The molecule has 126 valence electrons. The molecule has 0 spiro atoms. The molecule has 0 aromatic heterocycles. The average molecular weight is 332 g/mol. The van der Waals surface area contributed by atoms with Crippen LogP contribution in [0.15, 0.2) is 48.5 Å². The summed E-state index contributed by atoms with van der Waals surface area (Å²) in [4.78, 5) is 0. The van der Waals surface area contributed by atoms with E-state index in [1.807, 2.05) is 48.5 Å². The molecule has 0 aliphatic rings. The van der Waals surface area contributed by atoms with Crippen molar-refractivity contribution in [2.45, 2.75) is 39.0 Å². The van der Waals surface area contributed by atoms with Crippen LogP contribution in [-0.4, -0.2) is 25.5 Å². The van der Waals surface area contributed by atoms with E-state index >= 15 is 0 Å². The third kappa shape index (κ3) is 6.62. The van der Waals surface area contributed by atoms with Crippen LogP contribution in [-0.2, 0) is 0 Å². The van der Waals surface area contributed by atoms with E-state index in [1.54, 1.807) is 14.2 Å². The van der Waals surface area contributed by atoms with E-state index in [4.69, 9.17) is 9.47 Å².